The van der Waals surface area contributed by atoms with Crippen LogP contribution in [0.25, 0.3) is 0 Å². The third-order valence-corrected chi connectivity index (χ3v) is 3.49. The molecule has 0 unspecified atom stereocenters. The molecule has 0 bridgehead atoms. The van der Waals surface area contributed by atoms with Crippen LogP contribution in [-0.2, 0) is 6.42 Å². The van der Waals surface area contributed by atoms with Crippen LogP contribution in [0.15, 0.2) is 53.5 Å². The van der Waals surface area contributed by atoms with Crippen molar-refractivity contribution in [3.05, 3.63) is 65.5 Å². The van der Waals surface area contributed by atoms with E-state index in [9.17, 15) is 9.18 Å². The molecule has 0 radical (unpaired) electrons. The van der Waals surface area contributed by atoms with Gasteiger partial charge in [0.05, 0.1) is 5.69 Å². The molecule has 0 saturated heterocycles. The highest BCUT2D eigenvalue weighted by molar-refractivity contribution is 6.15. The second-order valence-corrected chi connectivity index (χ2v) is 4.89. The van der Waals surface area contributed by atoms with Crippen molar-refractivity contribution in [2.45, 2.75) is 19.3 Å². The summed E-state index contributed by atoms with van der Waals surface area (Å²) < 4.78 is 13.6. The number of fused-ring (bicyclic) bond motifs is 1. The molecule has 0 spiro atoms. The van der Waals surface area contributed by atoms with E-state index >= 15 is 0 Å². The number of hydrogen-bond donors (Lipinski definition) is 0. The molecule has 0 N–H and O–H groups in total. The fourth-order valence-electron chi connectivity index (χ4n) is 2.42. The van der Waals surface area contributed by atoms with Crippen LogP contribution in [-0.4, -0.2) is 11.5 Å². The van der Waals surface area contributed by atoms with Crippen molar-refractivity contribution in [2.75, 3.05) is 0 Å². The van der Waals surface area contributed by atoms with Gasteiger partial charge in [0.1, 0.15) is 5.82 Å². The van der Waals surface area contributed by atoms with Gasteiger partial charge in [-0.05, 0) is 36.6 Å². The third-order valence-electron chi connectivity index (χ3n) is 3.49. The molecule has 2 aromatic carbocycles. The number of aryl methyl sites for hydroxylation is 1. The predicted molar refractivity (Wildman–Crippen MR) is 77.2 cm³/mol. The van der Waals surface area contributed by atoms with Crippen molar-refractivity contribution in [1.82, 2.24) is 0 Å². The Morgan fingerprint density at radius 3 is 2.60 bits per heavy atom. The van der Waals surface area contributed by atoms with Crippen molar-refractivity contribution in [3.63, 3.8) is 0 Å². The first kappa shape index (κ1) is 12.7. The topological polar surface area (TPSA) is 29.4 Å². The molecule has 0 aromatic heterocycles. The molecule has 0 saturated carbocycles. The van der Waals surface area contributed by atoms with Crippen molar-refractivity contribution in [2.24, 2.45) is 4.99 Å². The van der Waals surface area contributed by atoms with Gasteiger partial charge in [-0.15, -0.1) is 0 Å². The molecule has 3 rings (SSSR count). The van der Waals surface area contributed by atoms with Crippen LogP contribution in [0.3, 0.4) is 0 Å². The van der Waals surface area contributed by atoms with E-state index in [0.717, 1.165) is 11.4 Å². The number of benzene rings is 2. The van der Waals surface area contributed by atoms with Gasteiger partial charge in [-0.25, -0.2) is 4.39 Å². The Morgan fingerprint density at radius 1 is 1.00 bits per heavy atom. The quantitative estimate of drug-likeness (QED) is 0.822. The summed E-state index contributed by atoms with van der Waals surface area (Å²) in [4.78, 5) is 16.5. The van der Waals surface area contributed by atoms with Gasteiger partial charge in [0.25, 0.3) is 0 Å². The summed E-state index contributed by atoms with van der Waals surface area (Å²) in [6.07, 6.45) is 1.52. The second kappa shape index (κ2) is 5.37. The second-order valence-electron chi connectivity index (χ2n) is 4.89. The van der Waals surface area contributed by atoms with Gasteiger partial charge in [-0.3, -0.25) is 9.79 Å². The van der Waals surface area contributed by atoms with Gasteiger partial charge in [0.2, 0.25) is 0 Å². The Hall–Kier alpha value is -2.29. The average molecular weight is 267 g/mol. The summed E-state index contributed by atoms with van der Waals surface area (Å²) in [6, 6.07) is 14.1. The number of carbonyl (C=O) groups excluding carboxylic acids is 1. The van der Waals surface area contributed by atoms with Gasteiger partial charge in [0, 0.05) is 17.7 Å². The van der Waals surface area contributed by atoms with E-state index in [2.05, 4.69) is 4.99 Å². The van der Waals surface area contributed by atoms with E-state index in [1.165, 1.54) is 6.07 Å². The van der Waals surface area contributed by atoms with E-state index in [0.29, 0.717) is 30.4 Å². The number of aliphatic imine (C=N–C) groups is 1. The number of para-hydroxylation sites is 1. The Kier molecular flexibility index (Phi) is 3.42. The molecule has 1 heterocycles. The smallest absolute Gasteiger partial charge is 0.170 e. The third kappa shape index (κ3) is 2.52. The zero-order valence-corrected chi connectivity index (χ0v) is 11.0. The minimum absolute atomic E-state index is 0.0964. The van der Waals surface area contributed by atoms with Crippen LogP contribution in [0, 0.1) is 5.82 Å². The number of halogens is 1. The Morgan fingerprint density at radius 2 is 1.75 bits per heavy atom. The summed E-state index contributed by atoms with van der Waals surface area (Å²) in [6.45, 7) is 0. The summed E-state index contributed by atoms with van der Waals surface area (Å²) in [7, 11) is 0. The molecule has 1 aliphatic heterocycles. The van der Waals surface area contributed by atoms with Crippen molar-refractivity contribution in [1.29, 1.82) is 0 Å². The molecule has 2 nitrogen and oxygen atoms in total. The van der Waals surface area contributed by atoms with Crippen LogP contribution in [0.4, 0.5) is 10.1 Å². The van der Waals surface area contributed by atoms with Gasteiger partial charge >= 0.3 is 0 Å². The molecule has 20 heavy (non-hydrogen) atoms. The lowest BCUT2D eigenvalue weighted by Crippen LogP contribution is -2.14. The van der Waals surface area contributed by atoms with Gasteiger partial charge in [0.15, 0.2) is 5.78 Å². The number of Topliss-reactive ketones (excluding diaryl/α,β-unsaturated/α-hetero) is 1. The molecular formula is C17H14FNO. The van der Waals surface area contributed by atoms with Crippen molar-refractivity contribution in [3.8, 4) is 0 Å². The molecule has 0 fully saturated rings. The lowest BCUT2D eigenvalue weighted by atomic mass is 9.96. The fraction of sp³-hybridized carbons (Fsp3) is 0.176. The minimum atomic E-state index is -0.198. The minimum Gasteiger partial charge on any atom is -0.294 e. The fourth-order valence-corrected chi connectivity index (χ4v) is 2.42. The summed E-state index contributed by atoms with van der Waals surface area (Å²) in [5.41, 5.74) is 2.91. The van der Waals surface area contributed by atoms with E-state index in [4.69, 9.17) is 0 Å². The number of rotatable bonds is 3. The van der Waals surface area contributed by atoms with Crippen LogP contribution < -0.4 is 0 Å². The average Bonchev–Trinajstić information content (AvgIpc) is 2.46. The SMILES string of the molecule is O=C1CC(CCc2ccccc2F)=Nc2ccccc21. The van der Waals surface area contributed by atoms with Crippen molar-refractivity contribution < 1.29 is 9.18 Å². The molecule has 0 aliphatic carbocycles. The summed E-state index contributed by atoms with van der Waals surface area (Å²) in [5, 5.41) is 0. The molecule has 100 valence electrons. The number of carbonyl (C=O) groups is 1. The Balaban J connectivity index is 1.78. The van der Waals surface area contributed by atoms with E-state index in [-0.39, 0.29) is 11.6 Å². The Labute approximate surface area is 117 Å². The lowest BCUT2D eigenvalue weighted by molar-refractivity contribution is 0.0999. The van der Waals surface area contributed by atoms with Gasteiger partial charge < -0.3 is 0 Å². The maximum absolute atomic E-state index is 13.6. The molecule has 0 amide bonds. The predicted octanol–water partition coefficient (Wildman–Crippen LogP) is 4.12. The highest BCUT2D eigenvalue weighted by Crippen LogP contribution is 2.26. The highest BCUT2D eigenvalue weighted by Gasteiger charge is 2.19. The van der Waals surface area contributed by atoms with Gasteiger partial charge in [-0.2, -0.15) is 0 Å². The molecule has 1 aliphatic rings. The monoisotopic (exact) mass is 267 g/mol. The zero-order valence-electron chi connectivity index (χ0n) is 11.0. The molecule has 3 heteroatoms. The normalized spacial score (nSPS) is 13.8. The Bertz CT molecular complexity index is 691. The number of ketones is 1. The first-order valence-corrected chi connectivity index (χ1v) is 6.66. The standard InChI is InChI=1S/C17H14FNO/c18-15-7-3-1-5-12(15)9-10-13-11-17(20)14-6-2-4-8-16(14)19-13/h1-8H,9-11H2. The number of nitrogens with zero attached hydrogens (tertiary/aromatic N) is 1. The van der Waals surface area contributed by atoms with E-state index in [1.54, 1.807) is 18.2 Å². The lowest BCUT2D eigenvalue weighted by Gasteiger charge is -2.14. The molecule has 2 aromatic rings. The summed E-state index contributed by atoms with van der Waals surface area (Å²) >= 11 is 0. The van der Waals surface area contributed by atoms with E-state index < -0.39 is 0 Å². The van der Waals surface area contributed by atoms with Crippen LogP contribution in [0.5, 0.6) is 0 Å². The maximum Gasteiger partial charge on any atom is 0.170 e. The highest BCUT2D eigenvalue weighted by atomic mass is 19.1. The van der Waals surface area contributed by atoms with Crippen LogP contribution in [0.2, 0.25) is 0 Å². The van der Waals surface area contributed by atoms with Crippen LogP contribution >= 0.6 is 0 Å². The van der Waals surface area contributed by atoms with Crippen LogP contribution in [0.1, 0.15) is 28.8 Å². The molecule has 0 atom stereocenters. The maximum atomic E-state index is 13.6. The number of hydrogen-bond acceptors (Lipinski definition) is 2. The first-order valence-electron chi connectivity index (χ1n) is 6.66. The largest absolute Gasteiger partial charge is 0.294 e. The zero-order chi connectivity index (χ0) is 13.9. The van der Waals surface area contributed by atoms with E-state index in [1.807, 2.05) is 24.3 Å². The first-order chi connectivity index (χ1) is 9.74. The van der Waals surface area contributed by atoms with Crippen molar-refractivity contribution >= 4 is 17.2 Å². The van der Waals surface area contributed by atoms with Gasteiger partial charge in [-0.1, -0.05) is 30.3 Å². The molecular weight excluding hydrogens is 253 g/mol. The summed E-state index contributed by atoms with van der Waals surface area (Å²) in [5.74, 6) is -0.102.